The highest BCUT2D eigenvalue weighted by Crippen LogP contribution is 2.41. The molecule has 0 saturated heterocycles. The Hall–Kier alpha value is -3.41. The second-order valence-electron chi connectivity index (χ2n) is 7.35. The van der Waals surface area contributed by atoms with E-state index in [0.29, 0.717) is 40.7 Å². The van der Waals surface area contributed by atoms with Gasteiger partial charge in [-0.05, 0) is 25.5 Å². The van der Waals surface area contributed by atoms with Crippen LogP contribution in [-0.2, 0) is 33.4 Å². The molecule has 0 aliphatic carbocycles. The number of allylic oxidation sites excluding steroid dienone is 1. The van der Waals surface area contributed by atoms with Crippen molar-refractivity contribution < 1.29 is 43.6 Å². The molecule has 1 aliphatic rings. The number of dihydropyridines is 1. The predicted molar refractivity (Wildman–Crippen MR) is 130 cm³/mol. The Balaban J connectivity index is 0.000000697. The van der Waals surface area contributed by atoms with Gasteiger partial charge in [0.05, 0.1) is 62.5 Å². The number of aliphatic carboxylic acids is 2. The quantitative estimate of drug-likeness (QED) is 0.245. The fourth-order valence-electron chi connectivity index (χ4n) is 3.33. The predicted octanol–water partition coefficient (Wildman–Crippen LogP) is 2.20. The maximum Gasteiger partial charge on any atom is 0.336 e. The Morgan fingerprint density at radius 2 is 1.67 bits per heavy atom. The van der Waals surface area contributed by atoms with Crippen LogP contribution in [0.1, 0.15) is 38.2 Å². The van der Waals surface area contributed by atoms with Crippen molar-refractivity contribution in [3.8, 4) is 0 Å². The van der Waals surface area contributed by atoms with Gasteiger partial charge in [0.15, 0.2) is 0 Å². The summed E-state index contributed by atoms with van der Waals surface area (Å²) in [6.07, 6.45) is -0.593. The summed E-state index contributed by atoms with van der Waals surface area (Å²) in [4.78, 5) is 44.7. The second kappa shape index (κ2) is 15.6. The molecule has 1 aromatic rings. The van der Waals surface area contributed by atoms with Gasteiger partial charge in [-0.25, -0.2) is 9.59 Å². The van der Waals surface area contributed by atoms with Crippen LogP contribution in [-0.4, -0.2) is 67.6 Å². The molecule has 0 aromatic heterocycles. The summed E-state index contributed by atoms with van der Waals surface area (Å²) < 4.78 is 15.8. The number of carbonyl (C=O) groups excluding carboxylic acids is 2. The third kappa shape index (κ3) is 8.99. The van der Waals surface area contributed by atoms with E-state index in [-0.39, 0.29) is 31.6 Å². The summed E-state index contributed by atoms with van der Waals surface area (Å²) in [7, 11) is 1.29. The lowest BCUT2D eigenvalue weighted by molar-refractivity contribution is -0.143. The van der Waals surface area contributed by atoms with Gasteiger partial charge in [0.1, 0.15) is 0 Å². The van der Waals surface area contributed by atoms with Crippen molar-refractivity contribution >= 4 is 35.5 Å². The molecule has 36 heavy (non-hydrogen) atoms. The normalized spacial score (nSPS) is 14.9. The molecule has 1 heterocycles. The minimum atomic E-state index is -1.08. The molecule has 12 heteroatoms. The fourth-order valence-corrected chi connectivity index (χ4v) is 3.58. The Kier molecular flexibility index (Phi) is 13.2. The molecule has 0 radical (unpaired) electrons. The van der Waals surface area contributed by atoms with Crippen LogP contribution < -0.4 is 11.1 Å². The third-order valence-corrected chi connectivity index (χ3v) is 5.17. The SMILES string of the molecule is CCOC(=O)C1=C(COCCN)NC(C)=C(C(=O)OC)[C@@H]1c1ccccc1Cl.O=C(O)CCC(=O)O. The molecule has 0 fully saturated rings. The molecule has 1 atom stereocenters. The van der Waals surface area contributed by atoms with E-state index in [4.69, 9.17) is 41.8 Å². The molecular weight excluding hydrogens is 496 g/mol. The number of halogens is 1. The maximum atomic E-state index is 12.9. The van der Waals surface area contributed by atoms with E-state index >= 15 is 0 Å². The molecular formula is C24H31ClN2O9. The van der Waals surface area contributed by atoms with Crippen molar-refractivity contribution in [1.82, 2.24) is 5.32 Å². The standard InChI is InChI=1S/C20H25ClN2O5.C4H6O4/c1-4-28-20(25)18-15(11-27-10-9-22)23-12(2)16(19(24)26-3)17(18)13-7-5-6-8-14(13)21;5-3(6)1-2-4(7)8/h5-8,17,23H,4,9-11,22H2,1-3H3;1-2H2,(H,5,6)(H,7,8)/t17-;/m0./s1. The highest BCUT2D eigenvalue weighted by Gasteiger charge is 2.39. The number of hydrogen-bond donors (Lipinski definition) is 4. The molecule has 0 spiro atoms. The van der Waals surface area contributed by atoms with Crippen LogP contribution >= 0.6 is 11.6 Å². The number of nitrogens with two attached hydrogens (primary N) is 1. The first-order valence-electron chi connectivity index (χ1n) is 11.0. The zero-order valence-corrected chi connectivity index (χ0v) is 21.1. The first kappa shape index (κ1) is 30.6. The topological polar surface area (TPSA) is 174 Å². The Labute approximate surface area is 213 Å². The summed E-state index contributed by atoms with van der Waals surface area (Å²) >= 11 is 6.42. The van der Waals surface area contributed by atoms with Gasteiger partial charge in [0.25, 0.3) is 0 Å². The van der Waals surface area contributed by atoms with Crippen LogP contribution in [0.5, 0.6) is 0 Å². The van der Waals surface area contributed by atoms with E-state index in [9.17, 15) is 19.2 Å². The molecule has 1 aliphatic heterocycles. The van der Waals surface area contributed by atoms with E-state index in [1.54, 1.807) is 38.1 Å². The number of hydrogen-bond acceptors (Lipinski definition) is 9. The number of ether oxygens (including phenoxy) is 3. The van der Waals surface area contributed by atoms with Crippen LogP contribution in [0.2, 0.25) is 5.02 Å². The summed E-state index contributed by atoms with van der Waals surface area (Å²) in [5.74, 6) is -4.02. The van der Waals surface area contributed by atoms with Gasteiger partial charge in [-0.2, -0.15) is 0 Å². The number of nitrogens with one attached hydrogen (secondary N) is 1. The average Bonchev–Trinajstić information content (AvgIpc) is 2.83. The minimum Gasteiger partial charge on any atom is -0.481 e. The molecule has 198 valence electrons. The third-order valence-electron chi connectivity index (χ3n) is 4.82. The van der Waals surface area contributed by atoms with Crippen molar-refractivity contribution in [2.75, 3.05) is 33.5 Å². The molecule has 0 bridgehead atoms. The highest BCUT2D eigenvalue weighted by atomic mass is 35.5. The Morgan fingerprint density at radius 1 is 1.06 bits per heavy atom. The Morgan fingerprint density at radius 3 is 2.17 bits per heavy atom. The number of carboxylic acids is 2. The average molecular weight is 527 g/mol. The van der Waals surface area contributed by atoms with Gasteiger partial charge in [-0.1, -0.05) is 29.8 Å². The molecule has 5 N–H and O–H groups in total. The zero-order valence-electron chi connectivity index (χ0n) is 20.3. The van der Waals surface area contributed by atoms with Gasteiger partial charge in [-0.3, -0.25) is 9.59 Å². The van der Waals surface area contributed by atoms with E-state index in [1.807, 2.05) is 0 Å². The van der Waals surface area contributed by atoms with Crippen LogP contribution in [0.3, 0.4) is 0 Å². The largest absolute Gasteiger partial charge is 0.481 e. The second-order valence-corrected chi connectivity index (χ2v) is 7.76. The molecule has 11 nitrogen and oxygen atoms in total. The van der Waals surface area contributed by atoms with Crippen molar-refractivity contribution in [2.24, 2.45) is 5.73 Å². The van der Waals surface area contributed by atoms with Crippen LogP contribution in [0.25, 0.3) is 0 Å². The number of carbonyl (C=O) groups is 4. The van der Waals surface area contributed by atoms with Crippen molar-refractivity contribution in [2.45, 2.75) is 32.6 Å². The van der Waals surface area contributed by atoms with E-state index < -0.39 is 29.8 Å². The highest BCUT2D eigenvalue weighted by molar-refractivity contribution is 6.31. The monoisotopic (exact) mass is 526 g/mol. The summed E-state index contributed by atoms with van der Waals surface area (Å²) in [5.41, 5.74) is 7.70. The number of esters is 2. The van der Waals surface area contributed by atoms with Crippen molar-refractivity contribution in [1.29, 1.82) is 0 Å². The number of carboxylic acid groups (broad SMARTS) is 2. The summed E-state index contributed by atoms with van der Waals surface area (Å²) in [5, 5.41) is 19.3. The van der Waals surface area contributed by atoms with Crippen molar-refractivity contribution in [3.05, 3.63) is 57.4 Å². The lowest BCUT2D eigenvalue weighted by atomic mass is 9.80. The van der Waals surface area contributed by atoms with Crippen LogP contribution in [0.4, 0.5) is 0 Å². The maximum absolute atomic E-state index is 12.9. The number of rotatable bonds is 11. The van der Waals surface area contributed by atoms with Gasteiger partial charge >= 0.3 is 23.9 Å². The molecule has 0 saturated carbocycles. The summed E-state index contributed by atoms with van der Waals surface area (Å²) in [6, 6.07) is 7.05. The van der Waals surface area contributed by atoms with Gasteiger partial charge < -0.3 is 35.5 Å². The van der Waals surface area contributed by atoms with Gasteiger partial charge in [-0.15, -0.1) is 0 Å². The first-order valence-corrected chi connectivity index (χ1v) is 11.4. The van der Waals surface area contributed by atoms with E-state index in [2.05, 4.69) is 5.32 Å². The molecule has 0 unspecified atom stereocenters. The molecule has 0 amide bonds. The van der Waals surface area contributed by atoms with Gasteiger partial charge in [0, 0.05) is 17.3 Å². The van der Waals surface area contributed by atoms with E-state index in [1.165, 1.54) is 7.11 Å². The van der Waals surface area contributed by atoms with Crippen molar-refractivity contribution in [3.63, 3.8) is 0 Å². The van der Waals surface area contributed by atoms with Gasteiger partial charge in [0.2, 0.25) is 0 Å². The van der Waals surface area contributed by atoms with E-state index in [0.717, 1.165) is 0 Å². The van der Waals surface area contributed by atoms with Crippen LogP contribution in [0.15, 0.2) is 46.8 Å². The lowest BCUT2D eigenvalue weighted by Crippen LogP contribution is -2.35. The zero-order chi connectivity index (χ0) is 27.3. The van der Waals surface area contributed by atoms with Crippen LogP contribution in [0, 0.1) is 0 Å². The Bertz CT molecular complexity index is 1010. The molecule has 2 rings (SSSR count). The number of benzene rings is 1. The first-order chi connectivity index (χ1) is 17.1. The fraction of sp³-hybridized carbons (Fsp3) is 0.417. The minimum absolute atomic E-state index is 0.109. The summed E-state index contributed by atoms with van der Waals surface area (Å²) in [6.45, 7) is 4.42. The lowest BCUT2D eigenvalue weighted by Gasteiger charge is -2.31. The molecule has 1 aromatic carbocycles. The smallest absolute Gasteiger partial charge is 0.336 e. The number of methoxy groups -OCH3 is 1.